The van der Waals surface area contributed by atoms with Crippen molar-refractivity contribution in [3.8, 4) is 0 Å². The Labute approximate surface area is 152 Å². The predicted molar refractivity (Wildman–Crippen MR) is 95.5 cm³/mol. The molecule has 25 heavy (non-hydrogen) atoms. The Morgan fingerprint density at radius 2 is 1.96 bits per heavy atom. The predicted octanol–water partition coefficient (Wildman–Crippen LogP) is 4.20. The van der Waals surface area contributed by atoms with Crippen molar-refractivity contribution in [3.63, 3.8) is 0 Å². The monoisotopic (exact) mass is 354 g/mol. The van der Waals surface area contributed by atoms with E-state index in [-0.39, 0.29) is 24.1 Å². The molecule has 2 bridgehead atoms. The number of esters is 1. The Hall–Kier alpha value is -0.650. The van der Waals surface area contributed by atoms with Gasteiger partial charge in [0.15, 0.2) is 0 Å². The maximum Gasteiger partial charge on any atom is 0.308 e. The summed E-state index contributed by atoms with van der Waals surface area (Å²) in [5.41, 5.74) is 0. The van der Waals surface area contributed by atoms with Crippen molar-refractivity contribution in [2.45, 2.75) is 83.3 Å². The van der Waals surface area contributed by atoms with Crippen molar-refractivity contribution in [1.82, 2.24) is 0 Å². The van der Waals surface area contributed by atoms with Crippen LogP contribution in [0.4, 0.5) is 0 Å². The Balaban J connectivity index is 1.93. The third kappa shape index (κ3) is 7.63. The first-order valence-electron chi connectivity index (χ1n) is 9.95. The van der Waals surface area contributed by atoms with Gasteiger partial charge in [0.05, 0.1) is 31.3 Å². The first-order chi connectivity index (χ1) is 12.2. The SMILES string of the molecule is [CH2]CCCC(CC[C]1OC2CCCCC(COCC2)O1)C(=O)OCC. The lowest BCUT2D eigenvalue weighted by atomic mass is 9.96. The van der Waals surface area contributed by atoms with Crippen LogP contribution in [0.25, 0.3) is 0 Å². The van der Waals surface area contributed by atoms with Crippen LogP contribution >= 0.6 is 0 Å². The smallest absolute Gasteiger partial charge is 0.308 e. The number of carbonyl (C=O) groups is 1. The first kappa shape index (κ1) is 20.7. The minimum absolute atomic E-state index is 0.0627. The van der Waals surface area contributed by atoms with Crippen molar-refractivity contribution in [2.24, 2.45) is 5.92 Å². The van der Waals surface area contributed by atoms with Crippen LogP contribution in [0.2, 0.25) is 0 Å². The summed E-state index contributed by atoms with van der Waals surface area (Å²) < 4.78 is 23.2. The fraction of sp³-hybridized carbons (Fsp3) is 0.850. The van der Waals surface area contributed by atoms with Crippen LogP contribution in [-0.2, 0) is 23.7 Å². The number of unbranched alkanes of at least 4 members (excludes halogenated alkanes) is 1. The van der Waals surface area contributed by atoms with Crippen LogP contribution in [0.15, 0.2) is 0 Å². The molecule has 0 aliphatic carbocycles. The van der Waals surface area contributed by atoms with Crippen molar-refractivity contribution in [3.05, 3.63) is 13.2 Å². The Morgan fingerprint density at radius 1 is 1.20 bits per heavy atom. The maximum atomic E-state index is 12.2. The van der Waals surface area contributed by atoms with Gasteiger partial charge in [0.2, 0.25) is 6.29 Å². The van der Waals surface area contributed by atoms with E-state index in [4.69, 9.17) is 18.9 Å². The second-order valence-corrected chi connectivity index (χ2v) is 6.98. The van der Waals surface area contributed by atoms with Gasteiger partial charge < -0.3 is 18.9 Å². The third-order valence-corrected chi connectivity index (χ3v) is 4.91. The quantitative estimate of drug-likeness (QED) is 0.611. The fourth-order valence-electron chi connectivity index (χ4n) is 3.45. The van der Waals surface area contributed by atoms with Crippen LogP contribution in [0.1, 0.15) is 71.1 Å². The van der Waals surface area contributed by atoms with Crippen LogP contribution in [-0.4, -0.2) is 38.0 Å². The number of ether oxygens (including phenoxy) is 4. The summed E-state index contributed by atoms with van der Waals surface area (Å²) in [7, 11) is 0. The molecule has 0 aromatic heterocycles. The van der Waals surface area contributed by atoms with Crippen LogP contribution in [0, 0.1) is 19.1 Å². The molecule has 2 aliphatic rings. The molecule has 5 heteroatoms. The molecule has 0 saturated carbocycles. The van der Waals surface area contributed by atoms with Gasteiger partial charge in [-0.15, -0.1) is 0 Å². The molecule has 3 unspecified atom stereocenters. The highest BCUT2D eigenvalue weighted by atomic mass is 16.7. The highest BCUT2D eigenvalue weighted by molar-refractivity contribution is 5.72. The van der Waals surface area contributed by atoms with Gasteiger partial charge in [-0.05, 0) is 39.0 Å². The molecule has 0 aromatic carbocycles. The molecule has 0 aromatic rings. The number of hydrogen-bond acceptors (Lipinski definition) is 5. The first-order valence-corrected chi connectivity index (χ1v) is 9.95. The third-order valence-electron chi connectivity index (χ3n) is 4.91. The van der Waals surface area contributed by atoms with Crippen LogP contribution < -0.4 is 0 Å². The molecule has 2 radical (unpaired) electrons. The molecule has 2 aliphatic heterocycles. The average molecular weight is 354 g/mol. The zero-order valence-corrected chi connectivity index (χ0v) is 15.7. The lowest BCUT2D eigenvalue weighted by Gasteiger charge is -2.25. The van der Waals surface area contributed by atoms with Crippen LogP contribution in [0.3, 0.4) is 0 Å². The van der Waals surface area contributed by atoms with Gasteiger partial charge in [-0.2, -0.15) is 0 Å². The zero-order valence-electron chi connectivity index (χ0n) is 15.7. The van der Waals surface area contributed by atoms with Gasteiger partial charge in [0, 0.05) is 13.0 Å². The van der Waals surface area contributed by atoms with Gasteiger partial charge in [-0.3, -0.25) is 4.79 Å². The molecular weight excluding hydrogens is 320 g/mol. The molecule has 2 fully saturated rings. The van der Waals surface area contributed by atoms with Crippen molar-refractivity contribution < 1.29 is 23.7 Å². The van der Waals surface area contributed by atoms with E-state index in [1.165, 1.54) is 6.42 Å². The van der Waals surface area contributed by atoms with E-state index in [1.807, 2.05) is 6.92 Å². The summed E-state index contributed by atoms with van der Waals surface area (Å²) >= 11 is 0. The second-order valence-electron chi connectivity index (χ2n) is 6.98. The number of fused-ring (bicyclic) bond motifs is 4. The molecule has 144 valence electrons. The van der Waals surface area contributed by atoms with Gasteiger partial charge >= 0.3 is 5.97 Å². The van der Waals surface area contributed by atoms with Gasteiger partial charge in [0.25, 0.3) is 0 Å². The van der Waals surface area contributed by atoms with Gasteiger partial charge in [-0.1, -0.05) is 32.6 Å². The standard InChI is InChI=1S/C20H34O5/c1-3-5-8-16(20(21)23-4-2)11-12-19-24-17-9-6-7-10-18(25-19)15-22-14-13-17/h16-18H,1,3-15H2,2H3. The summed E-state index contributed by atoms with van der Waals surface area (Å²) in [5, 5.41) is 0. The summed E-state index contributed by atoms with van der Waals surface area (Å²) in [6.45, 7) is 7.50. The lowest BCUT2D eigenvalue weighted by Crippen LogP contribution is -2.25. The van der Waals surface area contributed by atoms with Crippen molar-refractivity contribution in [2.75, 3.05) is 19.8 Å². The number of rotatable bonds is 8. The van der Waals surface area contributed by atoms with Crippen molar-refractivity contribution in [1.29, 1.82) is 0 Å². The van der Waals surface area contributed by atoms with Gasteiger partial charge in [0.1, 0.15) is 0 Å². The molecular formula is C20H34O5. The minimum Gasteiger partial charge on any atom is -0.466 e. The van der Waals surface area contributed by atoms with Crippen molar-refractivity contribution >= 4 is 5.97 Å². The largest absolute Gasteiger partial charge is 0.466 e. The van der Waals surface area contributed by atoms with Gasteiger partial charge in [-0.25, -0.2) is 0 Å². The highest BCUT2D eigenvalue weighted by Crippen LogP contribution is 2.30. The summed E-state index contributed by atoms with van der Waals surface area (Å²) in [5.74, 6) is -0.215. The molecule has 0 N–H and O–H groups in total. The number of carbonyl (C=O) groups excluding carboxylic acids is 1. The Kier molecular flexibility index (Phi) is 9.81. The molecule has 3 atom stereocenters. The molecule has 5 nitrogen and oxygen atoms in total. The highest BCUT2D eigenvalue weighted by Gasteiger charge is 2.29. The minimum atomic E-state index is -0.111. The van der Waals surface area contributed by atoms with E-state index < -0.39 is 0 Å². The number of hydrogen-bond donors (Lipinski definition) is 0. The zero-order chi connectivity index (χ0) is 17.9. The molecule has 2 heterocycles. The summed E-state index contributed by atoms with van der Waals surface area (Å²) in [6, 6.07) is 0. The fourth-order valence-corrected chi connectivity index (χ4v) is 3.45. The molecule has 2 rings (SSSR count). The van der Waals surface area contributed by atoms with E-state index in [0.29, 0.717) is 32.3 Å². The normalized spacial score (nSPS) is 26.8. The van der Waals surface area contributed by atoms with Crippen LogP contribution in [0.5, 0.6) is 0 Å². The summed E-state index contributed by atoms with van der Waals surface area (Å²) in [4.78, 5) is 12.2. The topological polar surface area (TPSA) is 54.0 Å². The Bertz CT molecular complexity index is 343. The van der Waals surface area contributed by atoms with E-state index in [2.05, 4.69) is 6.92 Å². The average Bonchev–Trinajstić information content (AvgIpc) is 2.76. The summed E-state index contributed by atoms with van der Waals surface area (Å²) in [6.07, 6.45) is 10.1. The maximum absolute atomic E-state index is 12.2. The lowest BCUT2D eigenvalue weighted by molar-refractivity contribution is -0.149. The van der Waals surface area contributed by atoms with E-state index in [1.54, 1.807) is 0 Å². The molecule has 0 amide bonds. The second kappa shape index (κ2) is 11.9. The van der Waals surface area contributed by atoms with E-state index in [0.717, 1.165) is 51.6 Å². The molecule has 2 saturated heterocycles. The van der Waals surface area contributed by atoms with E-state index in [9.17, 15) is 4.79 Å². The molecule has 0 spiro atoms. The van der Waals surface area contributed by atoms with E-state index >= 15 is 0 Å². The Morgan fingerprint density at radius 3 is 2.72 bits per heavy atom.